The molecule has 206 valence electrons. The zero-order valence-corrected chi connectivity index (χ0v) is 24.2. The molecule has 0 saturated carbocycles. The molecule has 1 nitrogen and oxygen atoms in total. The van der Waals surface area contributed by atoms with E-state index in [1.165, 1.54) is 83.1 Å². The molecule has 0 saturated heterocycles. The molecule has 1 aliphatic rings. The fourth-order valence-corrected chi connectivity index (χ4v) is 7.31. The van der Waals surface area contributed by atoms with E-state index >= 15 is 0 Å². The molecule has 1 aliphatic carbocycles. The van der Waals surface area contributed by atoms with Gasteiger partial charge in [0.2, 0.25) is 0 Å². The minimum atomic E-state index is 0.978. The second-order valence-corrected chi connectivity index (χ2v) is 11.7. The summed E-state index contributed by atoms with van der Waals surface area (Å²) in [5.41, 5.74) is 16.7. The second-order valence-electron chi connectivity index (χ2n) is 11.7. The van der Waals surface area contributed by atoms with Crippen LogP contribution in [0.2, 0.25) is 0 Å². The maximum atomic E-state index is 2.48. The number of hydrogen-bond donors (Lipinski definition) is 0. The van der Waals surface area contributed by atoms with Gasteiger partial charge < -0.3 is 4.57 Å². The van der Waals surface area contributed by atoms with E-state index in [0.29, 0.717) is 0 Å². The first kappa shape index (κ1) is 24.9. The first-order valence-corrected chi connectivity index (χ1v) is 15.3. The monoisotopic (exact) mass is 559 g/mol. The van der Waals surface area contributed by atoms with Crippen molar-refractivity contribution in [2.24, 2.45) is 0 Å². The minimum absolute atomic E-state index is 0.978. The molecule has 0 bridgehead atoms. The molecule has 0 fully saturated rings. The fourth-order valence-electron chi connectivity index (χ4n) is 7.31. The number of nitrogens with zero attached hydrogens (tertiary/aromatic N) is 1. The Balaban J connectivity index is 1.26. The van der Waals surface area contributed by atoms with Crippen molar-refractivity contribution in [3.8, 4) is 50.2 Å². The van der Waals surface area contributed by atoms with Crippen molar-refractivity contribution in [1.29, 1.82) is 0 Å². The Morgan fingerprint density at radius 2 is 0.977 bits per heavy atom. The van der Waals surface area contributed by atoms with Gasteiger partial charge in [0.25, 0.3) is 0 Å². The summed E-state index contributed by atoms with van der Waals surface area (Å²) in [6.07, 6.45) is 0.978. The van der Waals surface area contributed by atoms with Crippen molar-refractivity contribution >= 4 is 21.8 Å². The molecule has 0 spiro atoms. The molecular weight excluding hydrogens is 530 g/mol. The summed E-state index contributed by atoms with van der Waals surface area (Å²) in [6.45, 7) is 0. The van der Waals surface area contributed by atoms with Crippen molar-refractivity contribution in [3.05, 3.63) is 175 Å². The van der Waals surface area contributed by atoms with Gasteiger partial charge in [-0.2, -0.15) is 0 Å². The van der Waals surface area contributed by atoms with Gasteiger partial charge in [-0.15, -0.1) is 0 Å². The maximum Gasteiger partial charge on any atom is 0.0619 e. The first-order valence-electron chi connectivity index (χ1n) is 15.3. The molecule has 44 heavy (non-hydrogen) atoms. The normalized spacial score (nSPS) is 12.0. The predicted octanol–water partition coefficient (Wildman–Crippen LogP) is 11.4. The largest absolute Gasteiger partial charge is 0.308 e. The maximum absolute atomic E-state index is 2.48. The van der Waals surface area contributed by atoms with E-state index in [0.717, 1.165) is 6.42 Å². The predicted molar refractivity (Wildman–Crippen MR) is 185 cm³/mol. The molecule has 0 radical (unpaired) electrons. The average molecular weight is 560 g/mol. The van der Waals surface area contributed by atoms with Crippen LogP contribution in [0.15, 0.2) is 164 Å². The summed E-state index contributed by atoms with van der Waals surface area (Å²) in [7, 11) is 0. The topological polar surface area (TPSA) is 4.93 Å². The Hall–Kier alpha value is -5.66. The lowest BCUT2D eigenvalue weighted by molar-refractivity contribution is 1.18. The number of para-hydroxylation sites is 3. The van der Waals surface area contributed by atoms with Crippen molar-refractivity contribution in [3.63, 3.8) is 0 Å². The zero-order valence-electron chi connectivity index (χ0n) is 24.2. The van der Waals surface area contributed by atoms with Gasteiger partial charge >= 0.3 is 0 Å². The van der Waals surface area contributed by atoms with E-state index in [4.69, 9.17) is 0 Å². The van der Waals surface area contributed by atoms with Gasteiger partial charge in [-0.25, -0.2) is 0 Å². The Morgan fingerprint density at radius 3 is 1.89 bits per heavy atom. The smallest absolute Gasteiger partial charge is 0.0619 e. The SMILES string of the molecule is c1ccc(-c2cccc3c4ccccc4n(-c4ccccc4-c4cccc(-c5cccc6c5Cc5ccccc5-6)c4)c23)cc1. The van der Waals surface area contributed by atoms with Crippen molar-refractivity contribution in [1.82, 2.24) is 4.57 Å². The van der Waals surface area contributed by atoms with E-state index in [2.05, 4.69) is 168 Å². The van der Waals surface area contributed by atoms with Crippen LogP contribution in [0.4, 0.5) is 0 Å². The second kappa shape index (κ2) is 9.97. The van der Waals surface area contributed by atoms with Crippen LogP contribution >= 0.6 is 0 Å². The van der Waals surface area contributed by atoms with Gasteiger partial charge in [0, 0.05) is 21.9 Å². The van der Waals surface area contributed by atoms with Crippen molar-refractivity contribution < 1.29 is 0 Å². The van der Waals surface area contributed by atoms with Crippen molar-refractivity contribution in [2.75, 3.05) is 0 Å². The summed E-state index contributed by atoms with van der Waals surface area (Å²) in [5, 5.41) is 2.54. The summed E-state index contributed by atoms with van der Waals surface area (Å²) in [6, 6.07) is 59.8. The van der Waals surface area contributed by atoms with Crippen LogP contribution in [0.1, 0.15) is 11.1 Å². The third kappa shape index (κ3) is 3.80. The number of aromatic nitrogens is 1. The standard InChI is InChI=1S/C43H29N/c1-2-13-29(14-3-1)36-22-12-24-39-38-20-7-9-26-42(38)44(43(36)39)41-25-8-6-19-35(41)31-17-10-16-30(27-31)34-21-11-23-37-33-18-5-4-15-32(33)28-40(34)37/h1-27H,28H2. The lowest BCUT2D eigenvalue weighted by atomic mass is 9.93. The average Bonchev–Trinajstić information content (AvgIpc) is 3.65. The van der Waals surface area contributed by atoms with Gasteiger partial charge in [0.15, 0.2) is 0 Å². The van der Waals surface area contributed by atoms with Crippen LogP contribution in [0, 0.1) is 0 Å². The molecule has 1 heterocycles. The van der Waals surface area contributed by atoms with Crippen LogP contribution in [0.5, 0.6) is 0 Å². The van der Waals surface area contributed by atoms with Gasteiger partial charge in [-0.3, -0.25) is 0 Å². The fraction of sp³-hybridized carbons (Fsp3) is 0.0233. The quantitative estimate of drug-likeness (QED) is 0.202. The van der Waals surface area contributed by atoms with Crippen LogP contribution < -0.4 is 0 Å². The lowest BCUT2D eigenvalue weighted by Gasteiger charge is -2.17. The van der Waals surface area contributed by atoms with E-state index < -0.39 is 0 Å². The highest BCUT2D eigenvalue weighted by atomic mass is 15.0. The zero-order chi connectivity index (χ0) is 29.0. The third-order valence-corrected chi connectivity index (χ3v) is 9.26. The lowest BCUT2D eigenvalue weighted by Crippen LogP contribution is -1.98. The third-order valence-electron chi connectivity index (χ3n) is 9.26. The molecule has 8 aromatic rings. The number of rotatable bonds is 4. The van der Waals surface area contributed by atoms with E-state index in [1.54, 1.807) is 0 Å². The minimum Gasteiger partial charge on any atom is -0.308 e. The highest BCUT2D eigenvalue weighted by Gasteiger charge is 2.22. The van der Waals surface area contributed by atoms with Crippen molar-refractivity contribution in [2.45, 2.75) is 6.42 Å². The molecule has 9 rings (SSSR count). The summed E-state index contributed by atoms with van der Waals surface area (Å²) < 4.78 is 2.48. The number of benzene rings is 7. The van der Waals surface area contributed by atoms with E-state index in [9.17, 15) is 0 Å². The van der Waals surface area contributed by atoms with E-state index in [1.807, 2.05) is 0 Å². The van der Waals surface area contributed by atoms with Gasteiger partial charge in [0.05, 0.1) is 16.7 Å². The molecular formula is C43H29N. The molecule has 0 N–H and O–H groups in total. The van der Waals surface area contributed by atoms with Crippen LogP contribution in [0.25, 0.3) is 72.0 Å². The van der Waals surface area contributed by atoms with Crippen LogP contribution in [-0.2, 0) is 6.42 Å². The summed E-state index contributed by atoms with van der Waals surface area (Å²) in [4.78, 5) is 0. The highest BCUT2D eigenvalue weighted by molar-refractivity contribution is 6.14. The molecule has 0 amide bonds. The van der Waals surface area contributed by atoms with Gasteiger partial charge in [-0.05, 0) is 69.1 Å². The number of hydrogen-bond acceptors (Lipinski definition) is 0. The Kier molecular flexibility index (Phi) is 5.64. The summed E-state index contributed by atoms with van der Waals surface area (Å²) in [5.74, 6) is 0. The Bertz CT molecular complexity index is 2360. The molecule has 7 aromatic carbocycles. The first-order chi connectivity index (χ1) is 21.8. The van der Waals surface area contributed by atoms with Crippen LogP contribution in [-0.4, -0.2) is 4.57 Å². The van der Waals surface area contributed by atoms with Crippen LogP contribution in [0.3, 0.4) is 0 Å². The summed E-state index contributed by atoms with van der Waals surface area (Å²) >= 11 is 0. The van der Waals surface area contributed by atoms with E-state index in [-0.39, 0.29) is 0 Å². The molecule has 0 aliphatic heterocycles. The highest BCUT2D eigenvalue weighted by Crippen LogP contribution is 2.43. The molecule has 1 aromatic heterocycles. The molecule has 0 atom stereocenters. The Morgan fingerprint density at radius 1 is 0.386 bits per heavy atom. The number of fused-ring (bicyclic) bond motifs is 6. The molecule has 1 heteroatoms. The van der Waals surface area contributed by atoms with Gasteiger partial charge in [-0.1, -0.05) is 146 Å². The molecule has 0 unspecified atom stereocenters. The van der Waals surface area contributed by atoms with Gasteiger partial charge in [0.1, 0.15) is 0 Å². The Labute approximate surface area is 257 Å².